The number of halogens is 1. The minimum atomic E-state index is -0.225. The molecular weight excluding hydrogens is 350 g/mol. The summed E-state index contributed by atoms with van der Waals surface area (Å²) in [7, 11) is 0. The van der Waals surface area contributed by atoms with Gasteiger partial charge < -0.3 is 10.6 Å². The van der Waals surface area contributed by atoms with Crippen molar-refractivity contribution in [1.82, 2.24) is 10.2 Å². The third kappa shape index (κ3) is 5.71. The molecule has 2 N–H and O–H groups in total. The zero-order chi connectivity index (χ0) is 19.3. The summed E-state index contributed by atoms with van der Waals surface area (Å²) in [5, 5.41) is 6.62. The monoisotopic (exact) mass is 379 g/mol. The topological polar surface area (TPSA) is 61.4 Å². The molecule has 0 unspecified atom stereocenters. The Kier molecular flexibility index (Phi) is 7.47. The van der Waals surface area contributed by atoms with Gasteiger partial charge in [0, 0.05) is 29.7 Å². The molecule has 2 amide bonds. The van der Waals surface area contributed by atoms with Crippen molar-refractivity contribution in [3.8, 4) is 0 Å². The van der Waals surface area contributed by atoms with Crippen LogP contribution in [0.4, 0.5) is 5.69 Å². The number of likely N-dealkylation sites (tertiary alicyclic amines) is 1. The van der Waals surface area contributed by atoms with E-state index >= 15 is 0 Å². The number of nitrogens with zero attached hydrogens (tertiary/aromatic N) is 1. The van der Waals surface area contributed by atoms with Crippen molar-refractivity contribution in [2.75, 3.05) is 25.0 Å². The smallest absolute Gasteiger partial charge is 0.241 e. The van der Waals surface area contributed by atoms with Crippen LogP contribution in [0.2, 0.25) is 5.02 Å². The fraction of sp³-hybridized carbons (Fsp3) is 0.600. The van der Waals surface area contributed by atoms with Crippen LogP contribution in [0.25, 0.3) is 0 Å². The van der Waals surface area contributed by atoms with Gasteiger partial charge in [0.1, 0.15) is 0 Å². The van der Waals surface area contributed by atoms with Crippen LogP contribution in [-0.4, -0.2) is 42.4 Å². The minimum Gasteiger partial charge on any atom is -0.356 e. The summed E-state index contributed by atoms with van der Waals surface area (Å²) in [5.41, 5.74) is 1.75. The highest BCUT2D eigenvalue weighted by Crippen LogP contribution is 2.22. The Bertz CT molecular complexity index is 648. The van der Waals surface area contributed by atoms with E-state index in [0.29, 0.717) is 17.5 Å². The first-order valence-corrected chi connectivity index (χ1v) is 9.74. The minimum absolute atomic E-state index is 0.000307. The predicted octanol–water partition coefficient (Wildman–Crippen LogP) is 3.46. The maximum absolute atomic E-state index is 12.7. The van der Waals surface area contributed by atoms with E-state index in [4.69, 9.17) is 11.6 Å². The van der Waals surface area contributed by atoms with Gasteiger partial charge in [0.05, 0.1) is 6.04 Å². The largest absolute Gasteiger partial charge is 0.356 e. The van der Waals surface area contributed by atoms with E-state index < -0.39 is 0 Å². The second-order valence-corrected chi connectivity index (χ2v) is 7.96. The molecule has 1 aromatic rings. The quantitative estimate of drug-likeness (QED) is 0.795. The van der Waals surface area contributed by atoms with Crippen LogP contribution in [0.3, 0.4) is 0 Å². The van der Waals surface area contributed by atoms with E-state index in [0.717, 1.165) is 37.2 Å². The molecule has 6 heteroatoms. The molecule has 1 saturated heterocycles. The molecule has 0 bridgehead atoms. The highest BCUT2D eigenvalue weighted by molar-refractivity contribution is 6.31. The van der Waals surface area contributed by atoms with Gasteiger partial charge in [0.2, 0.25) is 11.8 Å². The molecule has 0 aromatic heterocycles. The van der Waals surface area contributed by atoms with Crippen LogP contribution >= 0.6 is 11.6 Å². The first-order chi connectivity index (χ1) is 12.3. The Morgan fingerprint density at radius 3 is 2.69 bits per heavy atom. The Morgan fingerprint density at radius 1 is 1.27 bits per heavy atom. The molecule has 2 atom stereocenters. The predicted molar refractivity (Wildman–Crippen MR) is 106 cm³/mol. The summed E-state index contributed by atoms with van der Waals surface area (Å²) in [6, 6.07) is 5.27. The van der Waals surface area contributed by atoms with E-state index in [2.05, 4.69) is 15.5 Å². The molecule has 1 aromatic carbocycles. The molecule has 1 heterocycles. The van der Waals surface area contributed by atoms with E-state index in [9.17, 15) is 9.59 Å². The van der Waals surface area contributed by atoms with Crippen LogP contribution in [-0.2, 0) is 9.59 Å². The van der Waals surface area contributed by atoms with Gasteiger partial charge in [-0.05, 0) is 56.8 Å². The van der Waals surface area contributed by atoms with Crippen molar-refractivity contribution < 1.29 is 9.59 Å². The number of aryl methyl sites for hydroxylation is 1. The van der Waals surface area contributed by atoms with Crippen molar-refractivity contribution in [3.05, 3.63) is 28.8 Å². The van der Waals surface area contributed by atoms with Gasteiger partial charge in [-0.1, -0.05) is 31.5 Å². The molecule has 0 spiro atoms. The fourth-order valence-electron chi connectivity index (χ4n) is 3.20. The lowest BCUT2D eigenvalue weighted by molar-refractivity contribution is -0.125. The highest BCUT2D eigenvalue weighted by atomic mass is 35.5. The summed E-state index contributed by atoms with van der Waals surface area (Å²) < 4.78 is 0. The lowest BCUT2D eigenvalue weighted by Gasteiger charge is -2.36. The van der Waals surface area contributed by atoms with E-state index in [-0.39, 0.29) is 23.8 Å². The van der Waals surface area contributed by atoms with E-state index in [1.165, 1.54) is 0 Å². The number of nitrogens with one attached hydrogen (secondary N) is 2. The van der Waals surface area contributed by atoms with Crippen LogP contribution in [0, 0.1) is 18.8 Å². The van der Waals surface area contributed by atoms with Gasteiger partial charge in [-0.2, -0.15) is 0 Å². The number of hydrogen-bond donors (Lipinski definition) is 2. The zero-order valence-electron chi connectivity index (χ0n) is 16.1. The van der Waals surface area contributed by atoms with Gasteiger partial charge in [0.25, 0.3) is 0 Å². The molecule has 0 radical (unpaired) electrons. The van der Waals surface area contributed by atoms with Crippen LogP contribution in [0.5, 0.6) is 0 Å². The molecule has 2 rings (SSSR count). The zero-order valence-corrected chi connectivity index (χ0v) is 16.9. The number of benzene rings is 1. The Labute approximate surface area is 161 Å². The second kappa shape index (κ2) is 9.38. The fourth-order valence-corrected chi connectivity index (χ4v) is 3.37. The van der Waals surface area contributed by atoms with Gasteiger partial charge in [-0.15, -0.1) is 0 Å². The van der Waals surface area contributed by atoms with Gasteiger partial charge in [0.15, 0.2) is 0 Å². The SMILES string of the molecule is Cc1ccc(Cl)cc1NC(=O)[C@H](C)N1CCC[C@@H](CNC(=O)C(C)C)C1. The first-order valence-electron chi connectivity index (χ1n) is 9.36. The maximum atomic E-state index is 12.7. The number of anilines is 1. The number of rotatable bonds is 6. The number of carbonyl (C=O) groups excluding carboxylic acids is 2. The van der Waals surface area contributed by atoms with Crippen LogP contribution < -0.4 is 10.6 Å². The standard InChI is InChI=1S/C20H30ClN3O2/c1-13(2)19(25)22-11-16-6-5-9-24(12-16)15(4)20(26)23-18-10-17(21)8-7-14(18)3/h7-8,10,13,15-16H,5-6,9,11-12H2,1-4H3,(H,22,25)(H,23,26)/t15-,16-/m0/s1. The molecule has 144 valence electrons. The number of hydrogen-bond acceptors (Lipinski definition) is 3. The molecular formula is C20H30ClN3O2. The van der Waals surface area contributed by atoms with E-state index in [1.807, 2.05) is 39.8 Å². The van der Waals surface area contributed by atoms with Crippen molar-refractivity contribution in [1.29, 1.82) is 0 Å². The molecule has 5 nitrogen and oxygen atoms in total. The molecule has 0 saturated carbocycles. The summed E-state index contributed by atoms with van der Waals surface area (Å²) in [5.74, 6) is 0.446. The summed E-state index contributed by atoms with van der Waals surface area (Å²) in [6.45, 7) is 10.1. The molecule has 26 heavy (non-hydrogen) atoms. The van der Waals surface area contributed by atoms with Gasteiger partial charge in [-0.3, -0.25) is 14.5 Å². The average Bonchev–Trinajstić information content (AvgIpc) is 2.62. The van der Waals surface area contributed by atoms with Crippen molar-refractivity contribution in [2.45, 2.75) is 46.6 Å². The Balaban J connectivity index is 1.91. The van der Waals surface area contributed by atoms with Crippen molar-refractivity contribution in [3.63, 3.8) is 0 Å². The van der Waals surface area contributed by atoms with Crippen molar-refractivity contribution in [2.24, 2.45) is 11.8 Å². The maximum Gasteiger partial charge on any atom is 0.241 e. The first kappa shape index (κ1) is 20.7. The lowest BCUT2D eigenvalue weighted by atomic mass is 9.96. The average molecular weight is 380 g/mol. The van der Waals surface area contributed by atoms with E-state index in [1.54, 1.807) is 6.07 Å². The molecule has 0 aliphatic carbocycles. The van der Waals surface area contributed by atoms with Crippen LogP contribution in [0.15, 0.2) is 18.2 Å². The molecule has 1 fully saturated rings. The number of piperidine rings is 1. The normalized spacial score (nSPS) is 19.2. The second-order valence-electron chi connectivity index (χ2n) is 7.53. The van der Waals surface area contributed by atoms with Crippen LogP contribution in [0.1, 0.15) is 39.2 Å². The van der Waals surface area contributed by atoms with Crippen molar-refractivity contribution >= 4 is 29.1 Å². The third-order valence-electron chi connectivity index (χ3n) is 5.02. The lowest BCUT2D eigenvalue weighted by Crippen LogP contribution is -2.49. The molecule has 1 aliphatic heterocycles. The van der Waals surface area contributed by atoms with Gasteiger partial charge in [-0.25, -0.2) is 0 Å². The Morgan fingerprint density at radius 2 is 2.00 bits per heavy atom. The third-order valence-corrected chi connectivity index (χ3v) is 5.26. The summed E-state index contributed by atoms with van der Waals surface area (Å²) in [6.07, 6.45) is 2.12. The highest BCUT2D eigenvalue weighted by Gasteiger charge is 2.28. The van der Waals surface area contributed by atoms with Gasteiger partial charge >= 0.3 is 0 Å². The summed E-state index contributed by atoms with van der Waals surface area (Å²) >= 11 is 6.03. The number of amides is 2. The summed E-state index contributed by atoms with van der Waals surface area (Å²) in [4.78, 5) is 26.6. The Hall–Kier alpha value is -1.59. The molecule has 1 aliphatic rings. The number of carbonyl (C=O) groups is 2.